The second-order valence-electron chi connectivity index (χ2n) is 5.22. The van der Waals surface area contributed by atoms with Crippen LogP contribution in [0, 0.1) is 0 Å². The number of amides is 1. The Bertz CT molecular complexity index is 396. The molecule has 0 aromatic carbocycles. The van der Waals surface area contributed by atoms with Gasteiger partial charge in [-0.3, -0.25) is 14.4 Å². The van der Waals surface area contributed by atoms with Crippen LogP contribution >= 0.6 is 0 Å². The topological polar surface area (TPSA) is 75.1 Å². The molecular formula is C12H22N6O. The molecule has 0 radical (unpaired) electrons. The molecule has 1 aliphatic rings. The summed E-state index contributed by atoms with van der Waals surface area (Å²) in [5.41, 5.74) is -0.468. The van der Waals surface area contributed by atoms with Crippen LogP contribution in [0.4, 0.5) is 0 Å². The fourth-order valence-corrected chi connectivity index (χ4v) is 2.22. The molecule has 1 aliphatic heterocycles. The van der Waals surface area contributed by atoms with Crippen molar-refractivity contribution in [3.8, 4) is 0 Å². The van der Waals surface area contributed by atoms with Gasteiger partial charge in [0.05, 0.1) is 18.3 Å². The summed E-state index contributed by atoms with van der Waals surface area (Å²) in [4.78, 5) is 14.5. The molecule has 2 heterocycles. The molecule has 2 rings (SSSR count). The monoisotopic (exact) mass is 266 g/mol. The van der Waals surface area contributed by atoms with E-state index in [0.29, 0.717) is 13.1 Å². The first-order valence-electron chi connectivity index (χ1n) is 6.69. The maximum atomic E-state index is 12.3. The molecular weight excluding hydrogens is 244 g/mol. The van der Waals surface area contributed by atoms with Crippen molar-refractivity contribution in [3.63, 3.8) is 0 Å². The Kier molecular flexibility index (Phi) is 4.49. The van der Waals surface area contributed by atoms with Gasteiger partial charge in [0, 0.05) is 38.9 Å². The normalized spacial score (nSPS) is 17.4. The quantitative estimate of drug-likeness (QED) is 0.721. The molecule has 0 bridgehead atoms. The van der Waals surface area contributed by atoms with E-state index in [0.717, 1.165) is 26.2 Å². The fraction of sp³-hybridized carbons (Fsp3) is 0.750. The van der Waals surface area contributed by atoms with E-state index in [4.69, 9.17) is 0 Å². The van der Waals surface area contributed by atoms with Crippen LogP contribution in [-0.2, 0) is 11.3 Å². The highest BCUT2D eigenvalue weighted by molar-refractivity contribution is 5.85. The van der Waals surface area contributed by atoms with Crippen LogP contribution in [0.1, 0.15) is 13.8 Å². The Morgan fingerprint density at radius 2 is 2.16 bits per heavy atom. The lowest BCUT2D eigenvalue weighted by Gasteiger charge is -2.39. The number of nitrogens with zero attached hydrogens (tertiary/aromatic N) is 4. The molecule has 1 fully saturated rings. The summed E-state index contributed by atoms with van der Waals surface area (Å²) in [6.45, 7) is 8.85. The first-order valence-corrected chi connectivity index (χ1v) is 6.69. The van der Waals surface area contributed by atoms with E-state index < -0.39 is 5.54 Å². The van der Waals surface area contributed by atoms with E-state index in [1.54, 1.807) is 17.1 Å². The van der Waals surface area contributed by atoms with E-state index in [9.17, 15) is 4.79 Å². The highest BCUT2D eigenvalue weighted by atomic mass is 16.2. The summed E-state index contributed by atoms with van der Waals surface area (Å²) in [5.74, 6) is 0.0644. The van der Waals surface area contributed by atoms with Crippen LogP contribution in [0.2, 0.25) is 0 Å². The summed E-state index contributed by atoms with van der Waals surface area (Å²) in [6.07, 6.45) is 3.42. The van der Waals surface area contributed by atoms with Gasteiger partial charge in [-0.05, 0) is 13.8 Å². The third-order valence-corrected chi connectivity index (χ3v) is 3.56. The Balaban J connectivity index is 1.80. The average molecular weight is 266 g/mol. The van der Waals surface area contributed by atoms with Gasteiger partial charge in [-0.25, -0.2) is 0 Å². The van der Waals surface area contributed by atoms with Gasteiger partial charge in [-0.2, -0.15) is 0 Å². The molecule has 0 saturated carbocycles. The molecule has 0 spiro atoms. The Labute approximate surface area is 113 Å². The van der Waals surface area contributed by atoms with Crippen LogP contribution in [0.15, 0.2) is 12.4 Å². The molecule has 0 unspecified atom stereocenters. The zero-order valence-electron chi connectivity index (χ0n) is 11.6. The van der Waals surface area contributed by atoms with Crippen molar-refractivity contribution in [1.29, 1.82) is 0 Å². The maximum Gasteiger partial charge on any atom is 0.240 e. The molecule has 1 aromatic rings. The summed E-state index contributed by atoms with van der Waals surface area (Å²) in [5, 5.41) is 13.9. The fourth-order valence-electron chi connectivity index (χ4n) is 2.22. The summed E-state index contributed by atoms with van der Waals surface area (Å²) in [7, 11) is 0. The summed E-state index contributed by atoms with van der Waals surface area (Å²) < 4.78 is 1.71. The lowest BCUT2D eigenvalue weighted by Crippen LogP contribution is -2.60. The van der Waals surface area contributed by atoms with E-state index in [-0.39, 0.29) is 5.91 Å². The molecule has 1 saturated heterocycles. The molecule has 0 aliphatic carbocycles. The van der Waals surface area contributed by atoms with Gasteiger partial charge in [0.25, 0.3) is 0 Å². The van der Waals surface area contributed by atoms with E-state index in [2.05, 4.69) is 25.8 Å². The number of hydrogen-bond acceptors (Lipinski definition) is 5. The van der Waals surface area contributed by atoms with Crippen LogP contribution in [0.3, 0.4) is 0 Å². The summed E-state index contributed by atoms with van der Waals surface area (Å²) in [6, 6.07) is 0. The van der Waals surface area contributed by atoms with E-state index in [1.165, 1.54) is 0 Å². The van der Waals surface area contributed by atoms with E-state index in [1.807, 2.05) is 13.8 Å². The largest absolute Gasteiger partial charge is 0.353 e. The molecule has 0 atom stereocenters. The SMILES string of the molecule is CC(C)(C(=O)NCCn1ccnn1)N1CCNCC1. The van der Waals surface area contributed by atoms with Crippen LogP contribution in [0.25, 0.3) is 0 Å². The van der Waals surface area contributed by atoms with Gasteiger partial charge in [-0.1, -0.05) is 5.21 Å². The van der Waals surface area contributed by atoms with E-state index >= 15 is 0 Å². The average Bonchev–Trinajstić information content (AvgIpc) is 2.93. The molecule has 7 nitrogen and oxygen atoms in total. The van der Waals surface area contributed by atoms with Gasteiger partial charge in [0.2, 0.25) is 5.91 Å². The van der Waals surface area contributed by atoms with Crippen LogP contribution < -0.4 is 10.6 Å². The Hall–Kier alpha value is -1.47. The van der Waals surface area contributed by atoms with Gasteiger partial charge < -0.3 is 10.6 Å². The van der Waals surface area contributed by atoms with Crippen LogP contribution in [0.5, 0.6) is 0 Å². The van der Waals surface area contributed by atoms with Gasteiger partial charge >= 0.3 is 0 Å². The highest BCUT2D eigenvalue weighted by Gasteiger charge is 2.34. The van der Waals surface area contributed by atoms with Gasteiger partial charge in [0.1, 0.15) is 0 Å². The minimum absolute atomic E-state index is 0.0644. The van der Waals surface area contributed by atoms with Crippen molar-refractivity contribution in [2.75, 3.05) is 32.7 Å². The molecule has 106 valence electrons. The number of rotatable bonds is 5. The minimum atomic E-state index is -0.468. The molecule has 19 heavy (non-hydrogen) atoms. The first-order chi connectivity index (χ1) is 9.10. The zero-order valence-corrected chi connectivity index (χ0v) is 11.6. The number of piperazine rings is 1. The maximum absolute atomic E-state index is 12.3. The highest BCUT2D eigenvalue weighted by Crippen LogP contribution is 2.14. The Morgan fingerprint density at radius 3 is 2.79 bits per heavy atom. The van der Waals surface area contributed by atoms with Crippen LogP contribution in [-0.4, -0.2) is 64.1 Å². The zero-order chi connectivity index (χ0) is 13.7. The number of nitrogens with one attached hydrogen (secondary N) is 2. The number of aromatic nitrogens is 3. The second-order valence-corrected chi connectivity index (χ2v) is 5.22. The standard InChI is InChI=1S/C12H22N6O/c1-12(2,17-7-3-13-4-8-17)11(19)14-5-9-18-10-6-15-16-18/h6,10,13H,3-5,7-9H2,1-2H3,(H,14,19). The lowest BCUT2D eigenvalue weighted by atomic mass is 10.0. The molecule has 2 N–H and O–H groups in total. The van der Waals surface area contributed by atoms with Crippen molar-refractivity contribution in [3.05, 3.63) is 12.4 Å². The van der Waals surface area contributed by atoms with Gasteiger partial charge in [0.15, 0.2) is 0 Å². The number of hydrogen-bond donors (Lipinski definition) is 2. The first kappa shape index (κ1) is 14.0. The van der Waals surface area contributed by atoms with Crippen molar-refractivity contribution in [1.82, 2.24) is 30.5 Å². The molecule has 1 aromatic heterocycles. The van der Waals surface area contributed by atoms with Gasteiger partial charge in [-0.15, -0.1) is 5.10 Å². The third kappa shape index (κ3) is 3.51. The lowest BCUT2D eigenvalue weighted by molar-refractivity contribution is -0.132. The van der Waals surface area contributed by atoms with Crippen molar-refractivity contribution in [2.24, 2.45) is 0 Å². The second kappa shape index (κ2) is 6.12. The summed E-state index contributed by atoms with van der Waals surface area (Å²) >= 11 is 0. The van der Waals surface area contributed by atoms with Crippen molar-refractivity contribution < 1.29 is 4.79 Å². The predicted molar refractivity (Wildman–Crippen MR) is 71.6 cm³/mol. The Morgan fingerprint density at radius 1 is 1.42 bits per heavy atom. The number of carbonyl (C=O) groups excluding carboxylic acids is 1. The molecule has 1 amide bonds. The van der Waals surface area contributed by atoms with Crippen molar-refractivity contribution in [2.45, 2.75) is 25.9 Å². The molecule has 7 heteroatoms. The third-order valence-electron chi connectivity index (χ3n) is 3.56. The minimum Gasteiger partial charge on any atom is -0.353 e. The van der Waals surface area contributed by atoms with Crippen molar-refractivity contribution >= 4 is 5.91 Å². The predicted octanol–water partition coefficient (Wildman–Crippen LogP) is -0.922. The number of carbonyl (C=O) groups is 1. The smallest absolute Gasteiger partial charge is 0.240 e.